The van der Waals surface area contributed by atoms with Gasteiger partial charge in [-0.05, 0) is 111 Å². The highest BCUT2D eigenvalue weighted by Gasteiger charge is 2.75. The number of Topliss-reactive ketones (excluding diaryl/α,β-unsaturated/α-hetero) is 1. The fourth-order valence-electron chi connectivity index (χ4n) is 11.3. The topological polar surface area (TPSA) is 195 Å². The molecule has 3 unspecified atom stereocenters. The van der Waals surface area contributed by atoms with Gasteiger partial charge < -0.3 is 30.7 Å². The maximum absolute atomic E-state index is 17.5. The van der Waals surface area contributed by atoms with E-state index in [0.29, 0.717) is 49.1 Å². The van der Waals surface area contributed by atoms with Crippen molar-refractivity contribution in [1.82, 2.24) is 4.98 Å². The van der Waals surface area contributed by atoms with Crippen molar-refractivity contribution in [1.29, 1.82) is 0 Å². The Balaban J connectivity index is 0.840. The van der Waals surface area contributed by atoms with Gasteiger partial charge in [0, 0.05) is 40.2 Å². The normalized spacial score (nSPS) is 34.4. The standard InChI is InChI=1S/C47H52FN3O9/c1-26-18-38-37-11-9-31-20-33(52)12-15-44(31,2)46(37,48)39(53)22-45(38,3)47(26,58)40(54)25-60-43(57)36-21-35(36)42(56)59-24-27-4-6-28(7-5-27)34(13-16-49)41(55)51-32-10-8-30-23-50-17-14-29(30)19-32/h4-8,10,12,14-15,17,19-20,23,26,34-39,53,58H,9,11,13,16,18,21-22,24-25,49H2,1-3H3,(H,51,55)/t26-,34?,35?,36?,37+,38+,39+,44+,45+,46+,47+/m1/s1. The summed E-state index contributed by atoms with van der Waals surface area (Å²) < 4.78 is 28.4. The average Bonchev–Trinajstić information content (AvgIpc) is 4.01. The monoisotopic (exact) mass is 821 g/mol. The second kappa shape index (κ2) is 15.4. The van der Waals surface area contributed by atoms with E-state index < -0.39 is 88.0 Å². The largest absolute Gasteiger partial charge is 0.461 e. The fourth-order valence-corrected chi connectivity index (χ4v) is 11.3. The van der Waals surface area contributed by atoms with Gasteiger partial charge in [0.1, 0.15) is 12.2 Å². The van der Waals surface area contributed by atoms with Gasteiger partial charge in [-0.15, -0.1) is 0 Å². The van der Waals surface area contributed by atoms with Crippen molar-refractivity contribution in [2.24, 2.45) is 46.2 Å². The van der Waals surface area contributed by atoms with Crippen molar-refractivity contribution in [3.63, 3.8) is 0 Å². The van der Waals surface area contributed by atoms with E-state index in [1.807, 2.05) is 24.3 Å². The molecule has 2 aromatic carbocycles. The number of pyridine rings is 1. The summed E-state index contributed by atoms with van der Waals surface area (Å²) in [5, 5.41) is 28.7. The van der Waals surface area contributed by atoms with Gasteiger partial charge in [0.15, 0.2) is 18.1 Å². The number of benzene rings is 2. The zero-order valence-electron chi connectivity index (χ0n) is 34.1. The Bertz CT molecular complexity index is 2310. The SMILES string of the molecule is C[C@@H]1C[C@H]2[C@@H]3CCC4=CC(=O)C=C[C@]4(C)[C@@]3(F)[C@@H](O)C[C@]2(C)[C@@]1(O)C(=O)COC(=O)C1CC1C(=O)OCc1ccc(C(CCN)C(=O)Nc2ccc3cnccc3c2)cc1. The number of anilines is 1. The third-order valence-corrected chi connectivity index (χ3v) is 14.8. The molecule has 316 valence electrons. The van der Waals surface area contributed by atoms with Crippen LogP contribution in [0.4, 0.5) is 10.1 Å². The molecule has 0 aliphatic heterocycles. The summed E-state index contributed by atoms with van der Waals surface area (Å²) in [6.45, 7) is 4.67. The maximum atomic E-state index is 17.5. The summed E-state index contributed by atoms with van der Waals surface area (Å²) in [5.41, 5.74) is 2.08. The first kappa shape index (κ1) is 41.6. The zero-order chi connectivity index (χ0) is 42.8. The number of carbonyl (C=O) groups excluding carboxylic acids is 5. The summed E-state index contributed by atoms with van der Waals surface area (Å²) in [7, 11) is 0. The van der Waals surface area contributed by atoms with E-state index in [1.54, 1.807) is 63.5 Å². The van der Waals surface area contributed by atoms with Crippen LogP contribution < -0.4 is 11.1 Å². The van der Waals surface area contributed by atoms with Crippen molar-refractivity contribution in [3.05, 3.63) is 95.9 Å². The summed E-state index contributed by atoms with van der Waals surface area (Å²) in [6.07, 6.45) is 7.86. The Labute approximate surface area is 347 Å². The molecular weight excluding hydrogens is 770 g/mol. The first-order valence-corrected chi connectivity index (χ1v) is 20.9. The number of aromatic nitrogens is 1. The quantitative estimate of drug-likeness (QED) is 0.170. The Hall–Kier alpha value is -5.11. The molecule has 4 saturated carbocycles. The van der Waals surface area contributed by atoms with Crippen LogP contribution in [0.5, 0.6) is 0 Å². The average molecular weight is 822 g/mol. The van der Waals surface area contributed by atoms with Gasteiger partial charge in [-0.25, -0.2) is 4.39 Å². The number of aliphatic hydroxyl groups excluding tert-OH is 1. The highest BCUT2D eigenvalue weighted by atomic mass is 19.1. The molecule has 1 heterocycles. The number of alkyl halides is 1. The van der Waals surface area contributed by atoms with E-state index in [-0.39, 0.29) is 31.1 Å². The van der Waals surface area contributed by atoms with Crippen LogP contribution in [-0.4, -0.2) is 75.1 Å². The molecule has 0 radical (unpaired) electrons. The number of hydrogen-bond donors (Lipinski definition) is 4. The maximum Gasteiger partial charge on any atom is 0.310 e. The molecule has 8 rings (SSSR count). The van der Waals surface area contributed by atoms with E-state index in [2.05, 4.69) is 10.3 Å². The number of allylic oxidation sites excluding steroid dienone is 4. The number of fused-ring (bicyclic) bond motifs is 6. The molecule has 60 heavy (non-hydrogen) atoms. The molecule has 11 atom stereocenters. The summed E-state index contributed by atoms with van der Waals surface area (Å²) in [4.78, 5) is 69.6. The second-order valence-electron chi connectivity index (χ2n) is 18.1. The molecule has 4 fully saturated rings. The Morgan fingerprint density at radius 1 is 1.00 bits per heavy atom. The van der Waals surface area contributed by atoms with Gasteiger partial charge in [0.2, 0.25) is 11.7 Å². The van der Waals surface area contributed by atoms with Gasteiger partial charge in [0.05, 0.1) is 23.9 Å². The van der Waals surface area contributed by atoms with Crippen LogP contribution in [0.25, 0.3) is 10.8 Å². The second-order valence-corrected chi connectivity index (χ2v) is 18.1. The number of ketones is 2. The third kappa shape index (κ3) is 6.69. The zero-order valence-corrected chi connectivity index (χ0v) is 34.1. The molecule has 0 spiro atoms. The van der Waals surface area contributed by atoms with E-state index in [9.17, 15) is 34.2 Å². The number of aliphatic hydroxyl groups is 2. The van der Waals surface area contributed by atoms with Gasteiger partial charge >= 0.3 is 11.9 Å². The molecule has 1 amide bonds. The summed E-state index contributed by atoms with van der Waals surface area (Å²) in [5.74, 6) is -6.28. The van der Waals surface area contributed by atoms with Crippen molar-refractivity contribution in [2.45, 2.75) is 89.2 Å². The summed E-state index contributed by atoms with van der Waals surface area (Å²) in [6, 6.07) is 14.6. The number of halogens is 1. The highest BCUT2D eigenvalue weighted by Crippen LogP contribution is 2.70. The Morgan fingerprint density at radius 2 is 1.73 bits per heavy atom. The molecule has 5 aliphatic rings. The Kier molecular flexibility index (Phi) is 10.7. The molecule has 3 aromatic rings. The first-order valence-electron chi connectivity index (χ1n) is 20.9. The van der Waals surface area contributed by atoms with E-state index in [4.69, 9.17) is 15.2 Å². The molecule has 5 aliphatic carbocycles. The first-order chi connectivity index (χ1) is 28.5. The molecule has 12 nitrogen and oxygen atoms in total. The van der Waals surface area contributed by atoms with E-state index in [0.717, 1.165) is 16.3 Å². The van der Waals surface area contributed by atoms with Crippen LogP contribution in [0.3, 0.4) is 0 Å². The minimum absolute atomic E-state index is 0.0571. The minimum atomic E-state index is -2.11. The van der Waals surface area contributed by atoms with E-state index >= 15 is 4.39 Å². The number of rotatable bonds is 12. The number of esters is 2. The molecular formula is C47H52FN3O9. The molecule has 0 saturated heterocycles. The lowest BCUT2D eigenvalue weighted by Crippen LogP contribution is -2.69. The minimum Gasteiger partial charge on any atom is -0.461 e. The number of carbonyl (C=O) groups is 5. The van der Waals surface area contributed by atoms with E-state index in [1.165, 1.54) is 12.2 Å². The third-order valence-electron chi connectivity index (χ3n) is 14.8. The lowest BCUT2D eigenvalue weighted by molar-refractivity contribution is -0.220. The van der Waals surface area contributed by atoms with Crippen molar-refractivity contribution >= 4 is 45.9 Å². The van der Waals surface area contributed by atoms with Crippen molar-refractivity contribution < 1.29 is 48.0 Å². The van der Waals surface area contributed by atoms with Crippen LogP contribution in [0.15, 0.2) is 84.7 Å². The van der Waals surface area contributed by atoms with Crippen LogP contribution in [0, 0.1) is 40.4 Å². The summed E-state index contributed by atoms with van der Waals surface area (Å²) >= 11 is 0. The van der Waals surface area contributed by atoms with Gasteiger partial charge in [-0.2, -0.15) is 0 Å². The molecule has 13 heteroatoms. The van der Waals surface area contributed by atoms with Gasteiger partial charge in [-0.1, -0.05) is 55.8 Å². The number of amides is 1. The van der Waals surface area contributed by atoms with Gasteiger partial charge in [-0.3, -0.25) is 29.0 Å². The smallest absolute Gasteiger partial charge is 0.310 e. The fraction of sp³-hybridized carbons (Fsp3) is 0.489. The van der Waals surface area contributed by atoms with Gasteiger partial charge in [0.25, 0.3) is 0 Å². The lowest BCUT2D eigenvalue weighted by Gasteiger charge is -2.62. The van der Waals surface area contributed by atoms with Crippen LogP contribution >= 0.6 is 0 Å². The number of nitrogens with one attached hydrogen (secondary N) is 1. The molecule has 1 aromatic heterocycles. The predicted molar refractivity (Wildman–Crippen MR) is 218 cm³/mol. The van der Waals surface area contributed by atoms with Crippen LogP contribution in [-0.2, 0) is 40.1 Å². The molecule has 5 N–H and O–H groups in total. The molecule has 0 bridgehead atoms. The number of nitrogens with zero attached hydrogens (tertiary/aromatic N) is 1. The number of hydrogen-bond acceptors (Lipinski definition) is 11. The van der Waals surface area contributed by atoms with Crippen molar-refractivity contribution in [3.8, 4) is 0 Å². The number of nitrogens with two attached hydrogens (primary N) is 1. The number of ether oxygens (including phenoxy) is 2. The Morgan fingerprint density at radius 3 is 2.47 bits per heavy atom. The van der Waals surface area contributed by atoms with Crippen LogP contribution in [0.2, 0.25) is 0 Å². The van der Waals surface area contributed by atoms with Crippen molar-refractivity contribution in [2.75, 3.05) is 18.5 Å². The van der Waals surface area contributed by atoms with Crippen LogP contribution in [0.1, 0.15) is 76.3 Å². The predicted octanol–water partition coefficient (Wildman–Crippen LogP) is 5.45. The lowest BCUT2D eigenvalue weighted by atomic mass is 9.44. The highest BCUT2D eigenvalue weighted by molar-refractivity contribution is 6.01.